The average Bonchev–Trinajstić information content (AvgIpc) is 3.55. The molecule has 152 valence electrons. The van der Waals surface area contributed by atoms with Crippen LogP contribution in [0.25, 0.3) is 0 Å². The van der Waals surface area contributed by atoms with Crippen molar-refractivity contribution < 1.29 is 0 Å². The molecule has 2 saturated carbocycles. The van der Waals surface area contributed by atoms with Crippen molar-refractivity contribution in [2.24, 2.45) is 10.8 Å². The molecule has 2 aliphatic rings. The van der Waals surface area contributed by atoms with Gasteiger partial charge in [0.25, 0.3) is 0 Å². The van der Waals surface area contributed by atoms with E-state index in [2.05, 4.69) is 39.8 Å². The predicted octanol–water partition coefficient (Wildman–Crippen LogP) is 8.50. The van der Waals surface area contributed by atoms with Crippen LogP contribution in [0.3, 0.4) is 0 Å². The van der Waals surface area contributed by atoms with Gasteiger partial charge in [0.1, 0.15) is 0 Å². The maximum atomic E-state index is 2.47. The van der Waals surface area contributed by atoms with E-state index in [1.165, 1.54) is 102 Å². The highest BCUT2D eigenvalue weighted by Gasteiger charge is 2.36. The summed E-state index contributed by atoms with van der Waals surface area (Å²) >= 11 is 0. The van der Waals surface area contributed by atoms with E-state index in [-0.39, 0.29) is 0 Å². The van der Waals surface area contributed by atoms with Crippen molar-refractivity contribution in [1.82, 2.24) is 0 Å². The maximum absolute atomic E-state index is 2.47. The van der Waals surface area contributed by atoms with Gasteiger partial charge in [-0.25, -0.2) is 0 Å². The summed E-state index contributed by atoms with van der Waals surface area (Å²) in [4.78, 5) is 0. The molecule has 27 heavy (non-hydrogen) atoms. The molecule has 0 amide bonds. The van der Waals surface area contributed by atoms with Gasteiger partial charge in [-0.2, -0.15) is 0 Å². The highest BCUT2D eigenvalue weighted by molar-refractivity contribution is 5.40. The highest BCUT2D eigenvalue weighted by atomic mass is 14.4. The van der Waals surface area contributed by atoms with Gasteiger partial charge in [0.05, 0.1) is 0 Å². The smallest absolute Gasteiger partial charge is 0.0273 e. The minimum atomic E-state index is 0.737. The average molecular weight is 369 g/mol. The lowest BCUT2D eigenvalue weighted by atomic mass is 9.90. The Morgan fingerprint density at radius 2 is 1.19 bits per heavy atom. The van der Waals surface area contributed by atoms with Crippen LogP contribution < -0.4 is 0 Å². The van der Waals surface area contributed by atoms with Crippen LogP contribution >= 0.6 is 0 Å². The second kappa shape index (κ2) is 9.15. The third-order valence-corrected chi connectivity index (χ3v) is 7.86. The van der Waals surface area contributed by atoms with Crippen molar-refractivity contribution in [3.05, 3.63) is 34.4 Å². The zero-order chi connectivity index (χ0) is 19.3. The first-order valence-corrected chi connectivity index (χ1v) is 12.0. The van der Waals surface area contributed by atoms with E-state index >= 15 is 0 Å². The Hall–Kier alpha value is -0.780. The van der Waals surface area contributed by atoms with Gasteiger partial charge in [-0.1, -0.05) is 58.1 Å². The lowest BCUT2D eigenvalue weighted by Gasteiger charge is -2.16. The number of aryl methyl sites for hydroxylation is 2. The van der Waals surface area contributed by atoms with E-state index in [4.69, 9.17) is 0 Å². The van der Waals surface area contributed by atoms with E-state index in [1.54, 1.807) is 16.7 Å². The molecule has 0 unspecified atom stereocenters. The van der Waals surface area contributed by atoms with Gasteiger partial charge < -0.3 is 0 Å². The van der Waals surface area contributed by atoms with Gasteiger partial charge >= 0.3 is 0 Å². The summed E-state index contributed by atoms with van der Waals surface area (Å²) in [5, 5.41) is 0. The lowest BCUT2D eigenvalue weighted by Crippen LogP contribution is -2.01. The van der Waals surface area contributed by atoms with Crippen LogP contribution in [0, 0.1) is 24.7 Å². The predicted molar refractivity (Wildman–Crippen MR) is 120 cm³/mol. The molecule has 0 radical (unpaired) electrons. The number of hydrogen-bond acceptors (Lipinski definition) is 0. The van der Waals surface area contributed by atoms with Crippen LogP contribution in [0.4, 0.5) is 0 Å². The standard InChI is InChI=1S/C27H44/c1-22-14-15-24(12-8-5-6-10-16-26(3)18-19-26)25(23(22)2)13-9-7-11-17-27(4)20-21-27/h14-15H,5-13,16-21H2,1-4H3. The van der Waals surface area contributed by atoms with E-state index in [0.717, 1.165) is 10.8 Å². The molecule has 1 aromatic rings. The Morgan fingerprint density at radius 3 is 1.78 bits per heavy atom. The molecular formula is C27H44. The Labute approximate surface area is 169 Å². The van der Waals surface area contributed by atoms with E-state index < -0.39 is 0 Å². The molecule has 0 saturated heterocycles. The first kappa shape index (κ1) is 20.9. The minimum absolute atomic E-state index is 0.737. The summed E-state index contributed by atoms with van der Waals surface area (Å²) in [6, 6.07) is 4.80. The van der Waals surface area contributed by atoms with Crippen LogP contribution in [0.1, 0.15) is 120 Å². The van der Waals surface area contributed by atoms with E-state index in [0.29, 0.717) is 0 Å². The van der Waals surface area contributed by atoms with Gasteiger partial charge in [0, 0.05) is 0 Å². The number of unbranched alkanes of at least 4 members (excludes halogenated alkanes) is 5. The van der Waals surface area contributed by atoms with Crippen molar-refractivity contribution >= 4 is 0 Å². The summed E-state index contributed by atoms with van der Waals surface area (Å²) in [6.07, 6.45) is 21.4. The summed E-state index contributed by atoms with van der Waals surface area (Å²) in [5.74, 6) is 0. The highest BCUT2D eigenvalue weighted by Crippen LogP contribution is 2.49. The van der Waals surface area contributed by atoms with E-state index in [9.17, 15) is 0 Å². The molecule has 2 aliphatic carbocycles. The molecule has 0 nitrogen and oxygen atoms in total. The SMILES string of the molecule is Cc1ccc(CCCCCCC2(C)CC2)c(CCCCCC2(C)CC2)c1C. The number of rotatable bonds is 13. The van der Waals surface area contributed by atoms with Crippen molar-refractivity contribution in [1.29, 1.82) is 0 Å². The lowest BCUT2D eigenvalue weighted by molar-refractivity contribution is 0.471. The third-order valence-electron chi connectivity index (χ3n) is 7.86. The van der Waals surface area contributed by atoms with Crippen molar-refractivity contribution in [3.63, 3.8) is 0 Å². The fourth-order valence-electron chi connectivity index (χ4n) is 4.69. The van der Waals surface area contributed by atoms with Crippen molar-refractivity contribution in [3.8, 4) is 0 Å². The normalized spacial score (nSPS) is 19.3. The summed E-state index contributed by atoms with van der Waals surface area (Å²) < 4.78 is 0. The zero-order valence-corrected chi connectivity index (χ0v) is 18.8. The van der Waals surface area contributed by atoms with Crippen molar-refractivity contribution in [2.45, 2.75) is 124 Å². The molecule has 0 aromatic heterocycles. The Balaban J connectivity index is 1.39. The monoisotopic (exact) mass is 368 g/mol. The second-order valence-corrected chi connectivity index (χ2v) is 10.7. The largest absolute Gasteiger partial charge is 0.0596 e. The molecule has 3 rings (SSSR count). The van der Waals surface area contributed by atoms with Gasteiger partial charge in [-0.3, -0.25) is 0 Å². The molecule has 0 heteroatoms. The Bertz CT molecular complexity index is 601. The number of benzene rings is 1. The zero-order valence-electron chi connectivity index (χ0n) is 18.8. The van der Waals surface area contributed by atoms with Crippen LogP contribution in [-0.2, 0) is 12.8 Å². The fourth-order valence-corrected chi connectivity index (χ4v) is 4.69. The summed E-state index contributed by atoms with van der Waals surface area (Å²) in [6.45, 7) is 9.59. The third kappa shape index (κ3) is 6.65. The first-order chi connectivity index (χ1) is 12.9. The molecule has 0 atom stereocenters. The van der Waals surface area contributed by atoms with Crippen LogP contribution in [0.15, 0.2) is 12.1 Å². The number of hydrogen-bond donors (Lipinski definition) is 0. The molecule has 1 aromatic carbocycles. The minimum Gasteiger partial charge on any atom is -0.0596 e. The van der Waals surface area contributed by atoms with Crippen LogP contribution in [0.2, 0.25) is 0 Å². The topological polar surface area (TPSA) is 0 Å². The molecule has 0 spiro atoms. The van der Waals surface area contributed by atoms with Crippen LogP contribution in [-0.4, -0.2) is 0 Å². The maximum Gasteiger partial charge on any atom is -0.0273 e. The molecule has 0 bridgehead atoms. The molecule has 2 fully saturated rings. The van der Waals surface area contributed by atoms with Gasteiger partial charge in [-0.05, 0) is 111 Å². The summed E-state index contributed by atoms with van der Waals surface area (Å²) in [7, 11) is 0. The second-order valence-electron chi connectivity index (χ2n) is 10.7. The fraction of sp³-hybridized carbons (Fsp3) is 0.778. The Morgan fingerprint density at radius 1 is 0.667 bits per heavy atom. The molecule has 0 N–H and O–H groups in total. The van der Waals surface area contributed by atoms with E-state index in [1.807, 2.05) is 0 Å². The first-order valence-electron chi connectivity index (χ1n) is 12.0. The molecule has 0 heterocycles. The van der Waals surface area contributed by atoms with Gasteiger partial charge in [0.15, 0.2) is 0 Å². The summed E-state index contributed by atoms with van der Waals surface area (Å²) in [5.41, 5.74) is 7.89. The van der Waals surface area contributed by atoms with Gasteiger partial charge in [-0.15, -0.1) is 0 Å². The molecular weight excluding hydrogens is 324 g/mol. The molecule has 0 aliphatic heterocycles. The van der Waals surface area contributed by atoms with Crippen LogP contribution in [0.5, 0.6) is 0 Å². The quantitative estimate of drug-likeness (QED) is 0.306. The van der Waals surface area contributed by atoms with Gasteiger partial charge in [0.2, 0.25) is 0 Å². The Kier molecular flexibility index (Phi) is 7.09. The van der Waals surface area contributed by atoms with Crippen molar-refractivity contribution in [2.75, 3.05) is 0 Å².